The van der Waals surface area contributed by atoms with Gasteiger partial charge in [-0.05, 0) is 33.1 Å². The average molecular weight is 214 g/mol. The maximum absolute atomic E-state index is 11.5. The van der Waals surface area contributed by atoms with Crippen molar-refractivity contribution in [1.82, 2.24) is 5.32 Å². The van der Waals surface area contributed by atoms with Crippen LogP contribution in [-0.4, -0.2) is 30.7 Å². The largest absolute Gasteiger partial charge is 0.376 e. The molecule has 3 N–H and O–H groups in total. The minimum absolute atomic E-state index is 0.0790. The molecular formula is C11H22N2O2. The Hall–Kier alpha value is -0.610. The second-order valence-corrected chi connectivity index (χ2v) is 4.42. The van der Waals surface area contributed by atoms with Gasteiger partial charge in [-0.15, -0.1) is 0 Å². The molecule has 0 bridgehead atoms. The van der Waals surface area contributed by atoms with Gasteiger partial charge in [0.15, 0.2) is 0 Å². The Balaban J connectivity index is 2.18. The van der Waals surface area contributed by atoms with Crippen molar-refractivity contribution in [3.05, 3.63) is 0 Å². The number of hydrogen-bond donors (Lipinski definition) is 2. The number of ether oxygens (including phenoxy) is 1. The lowest BCUT2D eigenvalue weighted by Gasteiger charge is -2.20. The highest BCUT2D eigenvalue weighted by Crippen LogP contribution is 2.15. The standard InChI is InChI=1S/C11H22N2O2/c1-8(12)5-6-11(14)13-9(2)10-4-3-7-15-10/h8-10H,3-7,12H2,1-2H3,(H,13,14). The van der Waals surface area contributed by atoms with E-state index in [-0.39, 0.29) is 24.1 Å². The Labute approximate surface area is 91.5 Å². The zero-order valence-electron chi connectivity index (χ0n) is 9.66. The molecule has 88 valence electrons. The van der Waals surface area contributed by atoms with Gasteiger partial charge in [0.1, 0.15) is 0 Å². The van der Waals surface area contributed by atoms with Crippen molar-refractivity contribution >= 4 is 5.91 Å². The van der Waals surface area contributed by atoms with Gasteiger partial charge in [0, 0.05) is 19.1 Å². The molecule has 1 amide bonds. The molecule has 3 unspecified atom stereocenters. The lowest BCUT2D eigenvalue weighted by atomic mass is 10.1. The summed E-state index contributed by atoms with van der Waals surface area (Å²) >= 11 is 0. The summed E-state index contributed by atoms with van der Waals surface area (Å²) in [7, 11) is 0. The molecular weight excluding hydrogens is 192 g/mol. The van der Waals surface area contributed by atoms with E-state index in [4.69, 9.17) is 10.5 Å². The van der Waals surface area contributed by atoms with Gasteiger partial charge in [0.05, 0.1) is 12.1 Å². The number of rotatable bonds is 5. The van der Waals surface area contributed by atoms with E-state index >= 15 is 0 Å². The van der Waals surface area contributed by atoms with Gasteiger partial charge in [0.25, 0.3) is 0 Å². The molecule has 0 radical (unpaired) electrons. The lowest BCUT2D eigenvalue weighted by molar-refractivity contribution is -0.122. The zero-order valence-corrected chi connectivity index (χ0v) is 9.66. The molecule has 15 heavy (non-hydrogen) atoms. The number of hydrogen-bond acceptors (Lipinski definition) is 3. The van der Waals surface area contributed by atoms with E-state index < -0.39 is 0 Å². The smallest absolute Gasteiger partial charge is 0.220 e. The van der Waals surface area contributed by atoms with Crippen LogP contribution in [0.15, 0.2) is 0 Å². The molecule has 3 atom stereocenters. The van der Waals surface area contributed by atoms with Gasteiger partial charge in [-0.1, -0.05) is 0 Å². The second-order valence-electron chi connectivity index (χ2n) is 4.42. The second kappa shape index (κ2) is 6.08. The third-order valence-electron chi connectivity index (χ3n) is 2.74. The van der Waals surface area contributed by atoms with E-state index in [1.807, 2.05) is 13.8 Å². The van der Waals surface area contributed by atoms with E-state index in [0.717, 1.165) is 25.9 Å². The number of carbonyl (C=O) groups excluding carboxylic acids is 1. The van der Waals surface area contributed by atoms with Crippen molar-refractivity contribution in [3.8, 4) is 0 Å². The van der Waals surface area contributed by atoms with Crippen LogP contribution in [0.3, 0.4) is 0 Å². The molecule has 0 aliphatic carbocycles. The Morgan fingerprint density at radius 3 is 2.87 bits per heavy atom. The van der Waals surface area contributed by atoms with Crippen LogP contribution in [-0.2, 0) is 9.53 Å². The maximum atomic E-state index is 11.5. The average Bonchev–Trinajstić information content (AvgIpc) is 2.67. The first kappa shape index (κ1) is 12.5. The number of carbonyl (C=O) groups is 1. The summed E-state index contributed by atoms with van der Waals surface area (Å²) in [6.45, 7) is 4.74. The summed E-state index contributed by atoms with van der Waals surface area (Å²) in [5, 5.41) is 2.96. The fourth-order valence-electron chi connectivity index (χ4n) is 1.77. The van der Waals surface area contributed by atoms with Gasteiger partial charge in [-0.2, -0.15) is 0 Å². The summed E-state index contributed by atoms with van der Waals surface area (Å²) < 4.78 is 5.50. The molecule has 1 aliphatic heterocycles. The molecule has 1 saturated heterocycles. The summed E-state index contributed by atoms with van der Waals surface area (Å²) in [5.41, 5.74) is 5.59. The first-order valence-corrected chi connectivity index (χ1v) is 5.76. The summed E-state index contributed by atoms with van der Waals surface area (Å²) in [4.78, 5) is 11.5. The van der Waals surface area contributed by atoms with E-state index in [9.17, 15) is 4.79 Å². The summed E-state index contributed by atoms with van der Waals surface area (Å²) in [6.07, 6.45) is 3.60. The van der Waals surface area contributed by atoms with Crippen LogP contribution >= 0.6 is 0 Å². The molecule has 4 heteroatoms. The summed E-state index contributed by atoms with van der Waals surface area (Å²) in [5.74, 6) is 0.0790. The maximum Gasteiger partial charge on any atom is 0.220 e. The highest BCUT2D eigenvalue weighted by molar-refractivity contribution is 5.76. The van der Waals surface area contributed by atoms with Crippen LogP contribution in [0.25, 0.3) is 0 Å². The molecule has 4 nitrogen and oxygen atoms in total. The van der Waals surface area contributed by atoms with Crippen LogP contribution in [0, 0.1) is 0 Å². The highest BCUT2D eigenvalue weighted by atomic mass is 16.5. The molecule has 0 aromatic heterocycles. The van der Waals surface area contributed by atoms with E-state index in [1.54, 1.807) is 0 Å². The Morgan fingerprint density at radius 1 is 1.60 bits per heavy atom. The van der Waals surface area contributed by atoms with E-state index in [0.29, 0.717) is 6.42 Å². The van der Waals surface area contributed by atoms with Crippen LogP contribution in [0.1, 0.15) is 39.5 Å². The lowest BCUT2D eigenvalue weighted by Crippen LogP contribution is -2.41. The first-order chi connectivity index (χ1) is 7.09. The molecule has 0 saturated carbocycles. The molecule has 1 rings (SSSR count). The van der Waals surface area contributed by atoms with Gasteiger partial charge in [0.2, 0.25) is 5.91 Å². The van der Waals surface area contributed by atoms with E-state index in [1.165, 1.54) is 0 Å². The molecule has 1 fully saturated rings. The quantitative estimate of drug-likeness (QED) is 0.711. The van der Waals surface area contributed by atoms with Crippen molar-refractivity contribution < 1.29 is 9.53 Å². The van der Waals surface area contributed by atoms with Gasteiger partial charge in [-0.3, -0.25) is 4.79 Å². The van der Waals surface area contributed by atoms with Gasteiger partial charge in [-0.25, -0.2) is 0 Å². The minimum Gasteiger partial charge on any atom is -0.376 e. The van der Waals surface area contributed by atoms with Crippen molar-refractivity contribution in [3.63, 3.8) is 0 Å². The van der Waals surface area contributed by atoms with Crippen molar-refractivity contribution in [2.24, 2.45) is 5.73 Å². The van der Waals surface area contributed by atoms with Crippen LogP contribution in [0.5, 0.6) is 0 Å². The monoisotopic (exact) mass is 214 g/mol. The Kier molecular flexibility index (Phi) is 5.05. The predicted octanol–water partition coefficient (Wildman–Crippen LogP) is 0.797. The SMILES string of the molecule is CC(N)CCC(=O)NC(C)C1CCCO1. The Bertz CT molecular complexity index is 201. The summed E-state index contributed by atoms with van der Waals surface area (Å²) in [6, 6.07) is 0.210. The minimum atomic E-state index is 0.0790. The van der Waals surface area contributed by atoms with Gasteiger partial charge >= 0.3 is 0 Å². The molecule has 0 aromatic carbocycles. The Morgan fingerprint density at radius 2 is 2.33 bits per heavy atom. The normalized spacial score (nSPS) is 24.9. The van der Waals surface area contributed by atoms with Crippen LogP contribution in [0.4, 0.5) is 0 Å². The zero-order chi connectivity index (χ0) is 11.3. The number of amides is 1. The van der Waals surface area contributed by atoms with Crippen molar-refractivity contribution in [2.45, 2.75) is 57.7 Å². The fraction of sp³-hybridized carbons (Fsp3) is 0.909. The molecule has 1 aliphatic rings. The molecule has 0 aromatic rings. The number of nitrogens with two attached hydrogens (primary N) is 1. The third-order valence-corrected chi connectivity index (χ3v) is 2.74. The van der Waals surface area contributed by atoms with Crippen LogP contribution in [0.2, 0.25) is 0 Å². The van der Waals surface area contributed by atoms with Crippen LogP contribution < -0.4 is 11.1 Å². The predicted molar refractivity (Wildman–Crippen MR) is 59.5 cm³/mol. The van der Waals surface area contributed by atoms with E-state index in [2.05, 4.69) is 5.32 Å². The third kappa shape index (κ3) is 4.62. The van der Waals surface area contributed by atoms with Crippen molar-refractivity contribution in [2.75, 3.05) is 6.61 Å². The number of nitrogens with one attached hydrogen (secondary N) is 1. The van der Waals surface area contributed by atoms with Crippen molar-refractivity contribution in [1.29, 1.82) is 0 Å². The molecule has 0 spiro atoms. The fourth-order valence-corrected chi connectivity index (χ4v) is 1.77. The highest BCUT2D eigenvalue weighted by Gasteiger charge is 2.23. The van der Waals surface area contributed by atoms with Gasteiger partial charge < -0.3 is 15.8 Å². The first-order valence-electron chi connectivity index (χ1n) is 5.76. The molecule has 1 heterocycles. The topological polar surface area (TPSA) is 64.4 Å².